The van der Waals surface area contributed by atoms with Crippen molar-refractivity contribution in [1.29, 1.82) is 0 Å². The third kappa shape index (κ3) is 3.46. The molecule has 0 saturated carbocycles. The average molecular weight is 289 g/mol. The van der Waals surface area contributed by atoms with Gasteiger partial charge in [0.15, 0.2) is 0 Å². The Morgan fingerprint density at radius 1 is 1.25 bits per heavy atom. The molecule has 1 amide bonds. The maximum absolute atomic E-state index is 11.7. The zero-order valence-corrected chi connectivity index (χ0v) is 11.1. The van der Waals surface area contributed by atoms with Gasteiger partial charge in [0.2, 0.25) is 5.91 Å². The molecule has 0 fully saturated rings. The Hall–Kier alpha value is -2.60. The van der Waals surface area contributed by atoms with Crippen molar-refractivity contribution in [2.45, 2.75) is 0 Å². The van der Waals surface area contributed by atoms with Gasteiger partial charge in [-0.2, -0.15) is 0 Å². The molecule has 0 spiro atoms. The van der Waals surface area contributed by atoms with Crippen LogP contribution >= 0.6 is 11.3 Å². The number of hydrogen-bond donors (Lipinski definition) is 3. The predicted octanol–water partition coefficient (Wildman–Crippen LogP) is 2.80. The number of amides is 1. The molecule has 102 valence electrons. The lowest BCUT2D eigenvalue weighted by atomic mass is 10.2. The number of rotatable bonds is 4. The van der Waals surface area contributed by atoms with Crippen LogP contribution in [0.5, 0.6) is 5.75 Å². The number of thiophene rings is 1. The van der Waals surface area contributed by atoms with E-state index >= 15 is 0 Å². The van der Waals surface area contributed by atoms with Crippen LogP contribution in [0.1, 0.15) is 15.2 Å². The van der Waals surface area contributed by atoms with Crippen LogP contribution in [0.15, 0.2) is 41.8 Å². The van der Waals surface area contributed by atoms with Crippen molar-refractivity contribution in [3.05, 3.63) is 52.2 Å². The van der Waals surface area contributed by atoms with Gasteiger partial charge in [-0.15, -0.1) is 11.3 Å². The largest absolute Gasteiger partial charge is 0.506 e. The molecular weight excluding hydrogens is 278 g/mol. The summed E-state index contributed by atoms with van der Waals surface area (Å²) in [5, 5.41) is 22.8. The lowest BCUT2D eigenvalue weighted by Crippen LogP contribution is -2.09. The Morgan fingerprint density at radius 3 is 2.70 bits per heavy atom. The molecule has 0 aliphatic rings. The van der Waals surface area contributed by atoms with E-state index in [-0.39, 0.29) is 17.0 Å². The second kappa shape index (κ2) is 6.03. The van der Waals surface area contributed by atoms with E-state index in [0.717, 1.165) is 4.88 Å². The molecule has 0 radical (unpaired) electrons. The molecule has 0 aliphatic heterocycles. The van der Waals surface area contributed by atoms with Crippen LogP contribution in [0.2, 0.25) is 0 Å². The molecule has 1 heterocycles. The van der Waals surface area contributed by atoms with E-state index in [4.69, 9.17) is 5.11 Å². The quantitative estimate of drug-likeness (QED) is 0.596. The number of aromatic hydroxyl groups is 1. The number of aromatic carboxylic acids is 1. The summed E-state index contributed by atoms with van der Waals surface area (Å²) in [6.07, 6.45) is 2.96. The van der Waals surface area contributed by atoms with E-state index in [0.29, 0.717) is 0 Å². The Kier molecular flexibility index (Phi) is 4.17. The maximum Gasteiger partial charge on any atom is 0.335 e. The highest BCUT2D eigenvalue weighted by Gasteiger charge is 2.09. The number of carbonyl (C=O) groups is 2. The first-order valence-electron chi connectivity index (χ1n) is 5.65. The fourth-order valence-corrected chi connectivity index (χ4v) is 2.11. The molecule has 0 saturated heterocycles. The van der Waals surface area contributed by atoms with Gasteiger partial charge in [-0.1, -0.05) is 6.07 Å². The highest BCUT2D eigenvalue weighted by molar-refractivity contribution is 7.10. The van der Waals surface area contributed by atoms with E-state index in [2.05, 4.69) is 5.32 Å². The molecule has 20 heavy (non-hydrogen) atoms. The number of phenolic OH excluding ortho intramolecular Hbond substituents is 1. The van der Waals surface area contributed by atoms with Crippen molar-refractivity contribution >= 4 is 35.0 Å². The van der Waals surface area contributed by atoms with Crippen molar-refractivity contribution in [3.63, 3.8) is 0 Å². The minimum Gasteiger partial charge on any atom is -0.506 e. The summed E-state index contributed by atoms with van der Waals surface area (Å²) in [5.74, 6) is -1.77. The molecule has 0 aliphatic carbocycles. The fourth-order valence-electron chi connectivity index (χ4n) is 1.49. The highest BCUT2D eigenvalue weighted by atomic mass is 32.1. The molecule has 0 unspecified atom stereocenters. The van der Waals surface area contributed by atoms with Crippen LogP contribution in [-0.2, 0) is 4.79 Å². The molecule has 0 atom stereocenters. The normalized spacial score (nSPS) is 10.6. The number of carbonyl (C=O) groups excluding carboxylic acids is 1. The summed E-state index contributed by atoms with van der Waals surface area (Å²) < 4.78 is 0. The number of phenols is 1. The number of carboxylic acids is 1. The third-order valence-corrected chi connectivity index (χ3v) is 3.28. The van der Waals surface area contributed by atoms with Crippen LogP contribution in [-0.4, -0.2) is 22.1 Å². The molecular formula is C14H11NO4S. The molecule has 2 rings (SSSR count). The van der Waals surface area contributed by atoms with Crippen molar-refractivity contribution in [2.75, 3.05) is 5.32 Å². The van der Waals surface area contributed by atoms with E-state index < -0.39 is 11.9 Å². The van der Waals surface area contributed by atoms with Gasteiger partial charge in [-0.3, -0.25) is 4.79 Å². The first-order chi connectivity index (χ1) is 9.56. The summed E-state index contributed by atoms with van der Waals surface area (Å²) >= 11 is 1.49. The smallest absolute Gasteiger partial charge is 0.335 e. The van der Waals surface area contributed by atoms with Crippen LogP contribution in [0, 0.1) is 0 Å². The van der Waals surface area contributed by atoms with Gasteiger partial charge in [-0.25, -0.2) is 4.79 Å². The van der Waals surface area contributed by atoms with E-state index in [9.17, 15) is 14.7 Å². The Bertz CT molecular complexity index is 662. The van der Waals surface area contributed by atoms with Crippen LogP contribution < -0.4 is 5.32 Å². The number of nitrogens with one attached hydrogen (secondary N) is 1. The first kappa shape index (κ1) is 13.8. The SMILES string of the molecule is O=C(/C=C/c1cccs1)Nc1cc(C(=O)O)ccc1O. The molecule has 1 aromatic heterocycles. The zero-order chi connectivity index (χ0) is 14.5. The van der Waals surface area contributed by atoms with Gasteiger partial charge in [0.25, 0.3) is 0 Å². The van der Waals surface area contributed by atoms with E-state index in [1.54, 1.807) is 6.08 Å². The summed E-state index contributed by atoms with van der Waals surface area (Å²) in [5.41, 5.74) is 0.0473. The summed E-state index contributed by atoms with van der Waals surface area (Å²) in [6.45, 7) is 0. The monoisotopic (exact) mass is 289 g/mol. The number of anilines is 1. The number of benzene rings is 1. The van der Waals surface area contributed by atoms with Crippen molar-refractivity contribution in [1.82, 2.24) is 0 Å². The summed E-state index contributed by atoms with van der Waals surface area (Å²) in [4.78, 5) is 23.4. The Labute approximate surface area is 118 Å². The van der Waals surface area contributed by atoms with Gasteiger partial charge >= 0.3 is 5.97 Å². The summed E-state index contributed by atoms with van der Waals surface area (Å²) in [6, 6.07) is 7.41. The second-order valence-corrected chi connectivity index (χ2v) is 4.85. The Balaban J connectivity index is 2.11. The minimum absolute atomic E-state index is 0.0136. The van der Waals surface area contributed by atoms with Gasteiger partial charge < -0.3 is 15.5 Å². The standard InChI is InChI=1S/C14H11NO4S/c16-12-5-3-9(14(18)19)8-11(12)15-13(17)6-4-10-2-1-7-20-10/h1-8,16H,(H,15,17)(H,18,19)/b6-4+. The highest BCUT2D eigenvalue weighted by Crippen LogP contribution is 2.24. The third-order valence-electron chi connectivity index (χ3n) is 2.44. The summed E-state index contributed by atoms with van der Waals surface area (Å²) in [7, 11) is 0. The second-order valence-electron chi connectivity index (χ2n) is 3.88. The molecule has 6 heteroatoms. The van der Waals surface area contributed by atoms with E-state index in [1.807, 2.05) is 17.5 Å². The van der Waals surface area contributed by atoms with Crippen molar-refractivity contribution < 1.29 is 19.8 Å². The molecule has 2 aromatic rings. The average Bonchev–Trinajstić information content (AvgIpc) is 2.92. The topological polar surface area (TPSA) is 86.6 Å². The predicted molar refractivity (Wildman–Crippen MR) is 77.0 cm³/mol. The molecule has 1 aromatic carbocycles. The van der Waals surface area contributed by atoms with Crippen LogP contribution in [0.4, 0.5) is 5.69 Å². The number of carboxylic acid groups (broad SMARTS) is 1. The maximum atomic E-state index is 11.7. The van der Waals surface area contributed by atoms with Crippen molar-refractivity contribution in [3.8, 4) is 5.75 Å². The minimum atomic E-state index is -1.13. The van der Waals surface area contributed by atoms with E-state index in [1.165, 1.54) is 35.6 Å². The molecule has 0 bridgehead atoms. The number of hydrogen-bond acceptors (Lipinski definition) is 4. The lowest BCUT2D eigenvalue weighted by Gasteiger charge is -2.06. The van der Waals surface area contributed by atoms with Crippen LogP contribution in [0.25, 0.3) is 6.08 Å². The zero-order valence-electron chi connectivity index (χ0n) is 10.2. The van der Waals surface area contributed by atoms with Gasteiger partial charge in [-0.05, 0) is 35.7 Å². The fraction of sp³-hybridized carbons (Fsp3) is 0. The van der Waals surface area contributed by atoms with Gasteiger partial charge in [0, 0.05) is 11.0 Å². The lowest BCUT2D eigenvalue weighted by molar-refractivity contribution is -0.111. The van der Waals surface area contributed by atoms with Gasteiger partial charge in [0.05, 0.1) is 11.3 Å². The first-order valence-corrected chi connectivity index (χ1v) is 6.53. The van der Waals surface area contributed by atoms with Crippen molar-refractivity contribution in [2.24, 2.45) is 0 Å². The molecule has 5 nitrogen and oxygen atoms in total. The molecule has 3 N–H and O–H groups in total. The van der Waals surface area contributed by atoms with Crippen LogP contribution in [0.3, 0.4) is 0 Å². The van der Waals surface area contributed by atoms with Gasteiger partial charge in [0.1, 0.15) is 5.75 Å². The Morgan fingerprint density at radius 2 is 2.05 bits per heavy atom.